The number of hydrazone groups is 1. The number of benzene rings is 2. The third-order valence-corrected chi connectivity index (χ3v) is 8.13. The van der Waals surface area contributed by atoms with Crippen molar-refractivity contribution < 1.29 is 18.0 Å². The van der Waals surface area contributed by atoms with Gasteiger partial charge in [-0.15, -0.1) is 0 Å². The predicted octanol–water partition coefficient (Wildman–Crippen LogP) is 5.21. The first-order chi connectivity index (χ1) is 19.2. The number of piperazine rings is 1. The second kappa shape index (κ2) is 12.1. The van der Waals surface area contributed by atoms with Gasteiger partial charge in [-0.1, -0.05) is 30.8 Å². The summed E-state index contributed by atoms with van der Waals surface area (Å²) in [5, 5.41) is 12.3. The largest absolute Gasteiger partial charge is 0.416 e. The second-order valence-electron chi connectivity index (χ2n) is 10.0. The molecule has 2 fully saturated rings. The monoisotopic (exact) mass is 570 g/mol. The Labute approximate surface area is 236 Å². The summed E-state index contributed by atoms with van der Waals surface area (Å²) >= 11 is 1.51. The lowest BCUT2D eigenvalue weighted by atomic mass is 10.0. The van der Waals surface area contributed by atoms with E-state index < -0.39 is 17.6 Å². The van der Waals surface area contributed by atoms with Crippen molar-refractivity contribution in [2.75, 3.05) is 51.1 Å². The molecule has 7 nitrogen and oxygen atoms in total. The van der Waals surface area contributed by atoms with Gasteiger partial charge in [0.1, 0.15) is 0 Å². The average molecular weight is 571 g/mol. The van der Waals surface area contributed by atoms with Crippen LogP contribution < -0.4 is 10.6 Å². The molecule has 2 N–H and O–H groups in total. The number of anilines is 1. The summed E-state index contributed by atoms with van der Waals surface area (Å²) in [6.07, 6.45) is -0.710. The first-order valence-electron chi connectivity index (χ1n) is 13.4. The van der Waals surface area contributed by atoms with Crippen molar-refractivity contribution in [1.82, 2.24) is 20.1 Å². The topological polar surface area (TPSA) is 63.0 Å². The van der Waals surface area contributed by atoms with Crippen molar-refractivity contribution >= 4 is 29.2 Å². The molecule has 5 rings (SSSR count). The normalized spacial score (nSPS) is 20.1. The highest BCUT2D eigenvalue weighted by Crippen LogP contribution is 2.35. The van der Waals surface area contributed by atoms with Crippen LogP contribution in [0.25, 0.3) is 0 Å². The van der Waals surface area contributed by atoms with E-state index in [1.807, 2.05) is 35.2 Å². The molecule has 1 amide bonds. The molecule has 40 heavy (non-hydrogen) atoms. The number of carbonyl (C=O) groups is 1. The number of rotatable bonds is 8. The molecule has 3 heterocycles. The van der Waals surface area contributed by atoms with Crippen molar-refractivity contribution in [1.29, 1.82) is 0 Å². The van der Waals surface area contributed by atoms with Crippen molar-refractivity contribution in [3.05, 3.63) is 81.9 Å². The summed E-state index contributed by atoms with van der Waals surface area (Å²) < 4.78 is 42.0. The zero-order valence-corrected chi connectivity index (χ0v) is 23.4. The Morgan fingerprint density at radius 1 is 1.05 bits per heavy atom. The van der Waals surface area contributed by atoms with Gasteiger partial charge in [0.05, 0.1) is 18.7 Å². The Kier molecular flexibility index (Phi) is 8.53. The van der Waals surface area contributed by atoms with Gasteiger partial charge in [-0.25, -0.2) is 0 Å². The van der Waals surface area contributed by atoms with Crippen LogP contribution in [-0.4, -0.2) is 72.4 Å². The Morgan fingerprint density at radius 2 is 1.80 bits per heavy atom. The summed E-state index contributed by atoms with van der Waals surface area (Å²) in [4.78, 5) is 19.2. The molecule has 0 unspecified atom stereocenters. The maximum absolute atomic E-state index is 14.0. The van der Waals surface area contributed by atoms with E-state index in [1.54, 1.807) is 24.3 Å². The standard InChI is InChI=1S/C29H33F3N6OS/c1-3-36-11-13-37(14-12-36)19-22-7-8-23(18-26(22)29(30,31)32)34-28(39)21-5-4-6-24(17-21)40-20(2)25-9-10-33-27(25)35-38-15-16-38/h4-10,17-18H,3,11-16,19H2,1-2H3,(H,33,35)(H,34,39)/b25-20+. The molecule has 2 aromatic rings. The van der Waals surface area contributed by atoms with Gasteiger partial charge in [-0.3, -0.25) is 14.7 Å². The number of amidine groups is 1. The molecule has 0 radical (unpaired) electrons. The number of nitrogens with one attached hydrogen (secondary N) is 2. The number of alkyl halides is 3. The Bertz CT molecular complexity index is 1340. The SMILES string of the molecule is CCN1CCN(Cc2ccc(NC(=O)c3cccc(S/C(C)=C4\C=CN\C4=N/N4CC4)c3)cc2C(F)(F)F)CC1. The maximum atomic E-state index is 14.0. The quantitative estimate of drug-likeness (QED) is 0.336. The number of nitrogens with zero attached hydrogens (tertiary/aromatic N) is 4. The zero-order valence-electron chi connectivity index (χ0n) is 22.6. The number of carbonyl (C=O) groups excluding carboxylic acids is 1. The van der Waals surface area contributed by atoms with Gasteiger partial charge in [0.15, 0.2) is 5.84 Å². The number of hydrogen-bond acceptors (Lipinski definition) is 6. The molecule has 0 aliphatic carbocycles. The van der Waals surface area contributed by atoms with E-state index in [1.165, 1.54) is 17.8 Å². The van der Waals surface area contributed by atoms with Gasteiger partial charge < -0.3 is 15.5 Å². The number of allylic oxidation sites excluding steroid dienone is 1. The summed E-state index contributed by atoms with van der Waals surface area (Å²) in [6, 6.07) is 11.1. The van der Waals surface area contributed by atoms with Crippen LogP contribution in [0.15, 0.2) is 75.2 Å². The molecular formula is C29H33F3N6OS. The van der Waals surface area contributed by atoms with Gasteiger partial charge in [-0.2, -0.15) is 18.3 Å². The maximum Gasteiger partial charge on any atom is 0.416 e. The van der Waals surface area contributed by atoms with Crippen molar-refractivity contribution in [2.24, 2.45) is 5.10 Å². The summed E-state index contributed by atoms with van der Waals surface area (Å²) in [5.41, 5.74) is 0.972. The van der Waals surface area contributed by atoms with E-state index in [0.717, 1.165) is 73.1 Å². The van der Waals surface area contributed by atoms with Crippen LogP contribution in [0.5, 0.6) is 0 Å². The molecule has 0 atom stereocenters. The van der Waals surface area contributed by atoms with Crippen LogP contribution in [0.4, 0.5) is 18.9 Å². The van der Waals surface area contributed by atoms with Crippen LogP contribution in [0.1, 0.15) is 35.3 Å². The van der Waals surface area contributed by atoms with Crippen LogP contribution in [-0.2, 0) is 12.7 Å². The summed E-state index contributed by atoms with van der Waals surface area (Å²) in [5.74, 6) is 0.332. The molecule has 0 saturated carbocycles. The average Bonchev–Trinajstić information content (AvgIpc) is 3.63. The highest BCUT2D eigenvalue weighted by Gasteiger charge is 2.34. The third kappa shape index (κ3) is 7.07. The molecular weight excluding hydrogens is 537 g/mol. The first-order valence-corrected chi connectivity index (χ1v) is 14.2. The Morgan fingerprint density at radius 3 is 2.50 bits per heavy atom. The lowest BCUT2D eigenvalue weighted by Gasteiger charge is -2.34. The minimum absolute atomic E-state index is 0.117. The fourth-order valence-electron chi connectivity index (χ4n) is 4.71. The van der Waals surface area contributed by atoms with Crippen molar-refractivity contribution in [3.63, 3.8) is 0 Å². The molecule has 11 heteroatoms. The molecule has 2 saturated heterocycles. The molecule has 2 aromatic carbocycles. The Balaban J connectivity index is 1.28. The fourth-order valence-corrected chi connectivity index (χ4v) is 5.67. The van der Waals surface area contributed by atoms with E-state index in [9.17, 15) is 18.0 Å². The number of likely N-dealkylation sites (N-methyl/N-ethyl adjacent to an activating group) is 1. The lowest BCUT2D eigenvalue weighted by molar-refractivity contribution is -0.138. The summed E-state index contributed by atoms with van der Waals surface area (Å²) in [7, 11) is 0. The minimum Gasteiger partial charge on any atom is -0.345 e. The van der Waals surface area contributed by atoms with Gasteiger partial charge in [0.2, 0.25) is 0 Å². The number of hydrogen-bond donors (Lipinski definition) is 2. The lowest BCUT2D eigenvalue weighted by Crippen LogP contribution is -2.45. The van der Waals surface area contributed by atoms with Gasteiger partial charge in [0.25, 0.3) is 5.91 Å². The first kappa shape index (κ1) is 28.3. The Hall–Kier alpha value is -3.28. The zero-order chi connectivity index (χ0) is 28.3. The highest BCUT2D eigenvalue weighted by atomic mass is 32.2. The molecule has 3 aliphatic heterocycles. The van der Waals surface area contributed by atoms with Crippen LogP contribution in [0, 0.1) is 0 Å². The molecule has 212 valence electrons. The van der Waals surface area contributed by atoms with E-state index in [0.29, 0.717) is 5.56 Å². The molecule has 0 aromatic heterocycles. The molecule has 0 bridgehead atoms. The fraction of sp³-hybridized carbons (Fsp3) is 0.379. The van der Waals surface area contributed by atoms with E-state index >= 15 is 0 Å². The van der Waals surface area contributed by atoms with Crippen LogP contribution in [0.3, 0.4) is 0 Å². The number of thioether (sulfide) groups is 1. The summed E-state index contributed by atoms with van der Waals surface area (Å²) in [6.45, 7) is 10.3. The van der Waals surface area contributed by atoms with Crippen molar-refractivity contribution in [3.8, 4) is 0 Å². The van der Waals surface area contributed by atoms with Gasteiger partial charge >= 0.3 is 6.18 Å². The van der Waals surface area contributed by atoms with Gasteiger partial charge in [0, 0.05) is 60.6 Å². The van der Waals surface area contributed by atoms with E-state index in [2.05, 4.69) is 27.6 Å². The number of halogens is 3. The van der Waals surface area contributed by atoms with E-state index in [-0.39, 0.29) is 17.8 Å². The highest BCUT2D eigenvalue weighted by molar-refractivity contribution is 8.03. The van der Waals surface area contributed by atoms with E-state index in [4.69, 9.17) is 0 Å². The second-order valence-corrected chi connectivity index (χ2v) is 11.3. The molecule has 0 spiro atoms. The van der Waals surface area contributed by atoms with Crippen LogP contribution >= 0.6 is 11.8 Å². The third-order valence-electron chi connectivity index (χ3n) is 7.12. The van der Waals surface area contributed by atoms with Crippen molar-refractivity contribution in [2.45, 2.75) is 31.5 Å². The van der Waals surface area contributed by atoms with Gasteiger partial charge in [-0.05, 0) is 60.3 Å². The predicted molar refractivity (Wildman–Crippen MR) is 153 cm³/mol. The molecule has 3 aliphatic rings. The smallest absolute Gasteiger partial charge is 0.345 e. The van der Waals surface area contributed by atoms with Crippen LogP contribution in [0.2, 0.25) is 0 Å². The minimum atomic E-state index is -4.52. The number of amides is 1.